The van der Waals surface area contributed by atoms with E-state index in [0.717, 1.165) is 11.3 Å². The lowest BCUT2D eigenvalue weighted by molar-refractivity contribution is 0.131. The van der Waals surface area contributed by atoms with E-state index < -0.39 is 0 Å². The Balaban J connectivity index is 0.00000162. The standard InChI is InChI=1S/C13H17NO3.ClH/c1-13(2,3)17-10-6-4-9(5-7-10)11-8-16-12(15)14-11;/h4-7,11H,8H2,1-3H3,(H,14,15);1H/t11-;/m1./s1. The van der Waals surface area contributed by atoms with Crippen molar-refractivity contribution in [3.05, 3.63) is 29.8 Å². The fourth-order valence-electron chi connectivity index (χ4n) is 1.69. The molecule has 1 aromatic carbocycles. The predicted molar refractivity (Wildman–Crippen MR) is 71.3 cm³/mol. The fourth-order valence-corrected chi connectivity index (χ4v) is 1.69. The van der Waals surface area contributed by atoms with E-state index in [1.807, 2.05) is 45.0 Å². The normalized spacial score (nSPS) is 18.6. The quantitative estimate of drug-likeness (QED) is 0.899. The molecule has 1 heterocycles. The maximum atomic E-state index is 10.9. The van der Waals surface area contributed by atoms with Crippen molar-refractivity contribution in [2.45, 2.75) is 32.4 Å². The van der Waals surface area contributed by atoms with Crippen LogP contribution in [0.3, 0.4) is 0 Å². The van der Waals surface area contributed by atoms with E-state index in [2.05, 4.69) is 5.32 Å². The van der Waals surface area contributed by atoms with Crippen LogP contribution in [0.2, 0.25) is 0 Å². The van der Waals surface area contributed by atoms with Gasteiger partial charge in [0.15, 0.2) is 0 Å². The van der Waals surface area contributed by atoms with E-state index in [9.17, 15) is 4.79 Å². The molecule has 4 nitrogen and oxygen atoms in total. The average molecular weight is 272 g/mol. The summed E-state index contributed by atoms with van der Waals surface area (Å²) in [5.41, 5.74) is 0.823. The SMILES string of the molecule is CC(C)(C)Oc1ccc([C@H]2COC(=O)N2)cc1.Cl. The van der Waals surface area contributed by atoms with Gasteiger partial charge in [0.2, 0.25) is 0 Å². The summed E-state index contributed by atoms with van der Waals surface area (Å²) < 4.78 is 10.6. The molecule has 1 aromatic rings. The molecule has 0 spiro atoms. The summed E-state index contributed by atoms with van der Waals surface area (Å²) in [4.78, 5) is 10.9. The third kappa shape index (κ3) is 3.81. The lowest BCUT2D eigenvalue weighted by Gasteiger charge is -2.21. The van der Waals surface area contributed by atoms with Crippen molar-refractivity contribution in [1.29, 1.82) is 0 Å². The molecule has 1 N–H and O–H groups in total. The van der Waals surface area contributed by atoms with Gasteiger partial charge in [-0.15, -0.1) is 12.4 Å². The number of carbonyl (C=O) groups excluding carboxylic acids is 1. The Kier molecular flexibility index (Phi) is 4.46. The molecule has 100 valence electrons. The Morgan fingerprint density at radius 1 is 1.28 bits per heavy atom. The van der Waals surface area contributed by atoms with Crippen LogP contribution in [0.5, 0.6) is 5.75 Å². The molecule has 1 amide bonds. The lowest BCUT2D eigenvalue weighted by Crippen LogP contribution is -2.23. The smallest absolute Gasteiger partial charge is 0.407 e. The zero-order chi connectivity index (χ0) is 12.5. The molecule has 1 saturated heterocycles. The third-order valence-corrected chi connectivity index (χ3v) is 2.38. The number of halogens is 1. The lowest BCUT2D eigenvalue weighted by atomic mass is 10.1. The maximum absolute atomic E-state index is 10.9. The first-order valence-corrected chi connectivity index (χ1v) is 5.66. The first-order chi connectivity index (χ1) is 7.94. The number of nitrogens with one attached hydrogen (secondary N) is 1. The second kappa shape index (κ2) is 5.48. The summed E-state index contributed by atoms with van der Waals surface area (Å²) in [6, 6.07) is 7.66. The van der Waals surface area contributed by atoms with E-state index >= 15 is 0 Å². The monoisotopic (exact) mass is 271 g/mol. The molecule has 18 heavy (non-hydrogen) atoms. The molecule has 0 unspecified atom stereocenters. The van der Waals surface area contributed by atoms with Gasteiger partial charge < -0.3 is 14.8 Å². The van der Waals surface area contributed by atoms with Crippen molar-refractivity contribution in [2.24, 2.45) is 0 Å². The Bertz CT molecular complexity index is 411. The Labute approximate surface area is 113 Å². The number of hydrogen-bond acceptors (Lipinski definition) is 3. The molecule has 0 bridgehead atoms. The highest BCUT2D eigenvalue weighted by Gasteiger charge is 2.23. The number of alkyl carbamates (subject to hydrolysis) is 1. The molecular formula is C13H18ClNO3. The second-order valence-corrected chi connectivity index (χ2v) is 5.08. The van der Waals surface area contributed by atoms with E-state index in [1.165, 1.54) is 0 Å². The van der Waals surface area contributed by atoms with Crippen LogP contribution < -0.4 is 10.1 Å². The molecule has 5 heteroatoms. The zero-order valence-electron chi connectivity index (χ0n) is 10.7. The fraction of sp³-hybridized carbons (Fsp3) is 0.462. The van der Waals surface area contributed by atoms with Gasteiger partial charge in [-0.05, 0) is 38.5 Å². The van der Waals surface area contributed by atoms with E-state index in [0.29, 0.717) is 6.61 Å². The van der Waals surface area contributed by atoms with Crippen molar-refractivity contribution in [3.8, 4) is 5.75 Å². The third-order valence-electron chi connectivity index (χ3n) is 2.38. The largest absolute Gasteiger partial charge is 0.488 e. The number of amides is 1. The summed E-state index contributed by atoms with van der Waals surface area (Å²) in [5, 5.41) is 2.74. The van der Waals surface area contributed by atoms with Gasteiger partial charge in [-0.3, -0.25) is 0 Å². The van der Waals surface area contributed by atoms with Crippen LogP contribution in [0, 0.1) is 0 Å². The topological polar surface area (TPSA) is 47.6 Å². The molecule has 2 rings (SSSR count). The molecular weight excluding hydrogens is 254 g/mol. The molecule has 0 saturated carbocycles. The molecule has 0 radical (unpaired) electrons. The van der Waals surface area contributed by atoms with Gasteiger partial charge in [0.25, 0.3) is 0 Å². The van der Waals surface area contributed by atoms with Crippen molar-refractivity contribution in [2.75, 3.05) is 6.61 Å². The van der Waals surface area contributed by atoms with Gasteiger partial charge in [0.1, 0.15) is 18.0 Å². The van der Waals surface area contributed by atoms with Crippen LogP contribution in [-0.2, 0) is 4.74 Å². The zero-order valence-corrected chi connectivity index (χ0v) is 11.5. The Hall–Kier alpha value is -1.42. The molecule has 1 aliphatic heterocycles. The summed E-state index contributed by atoms with van der Waals surface area (Å²) in [7, 11) is 0. The summed E-state index contributed by atoms with van der Waals surface area (Å²) in [6.45, 7) is 6.40. The van der Waals surface area contributed by atoms with E-state index in [4.69, 9.17) is 9.47 Å². The van der Waals surface area contributed by atoms with Gasteiger partial charge in [-0.2, -0.15) is 0 Å². The summed E-state index contributed by atoms with van der Waals surface area (Å²) >= 11 is 0. The van der Waals surface area contributed by atoms with Gasteiger partial charge in [-0.1, -0.05) is 12.1 Å². The van der Waals surface area contributed by atoms with Crippen LogP contribution in [0.15, 0.2) is 24.3 Å². The average Bonchev–Trinajstić information content (AvgIpc) is 2.63. The predicted octanol–water partition coefficient (Wildman–Crippen LogP) is 3.07. The van der Waals surface area contributed by atoms with Gasteiger partial charge >= 0.3 is 6.09 Å². The summed E-state index contributed by atoms with van der Waals surface area (Å²) in [5.74, 6) is 0.825. The molecule has 1 fully saturated rings. The van der Waals surface area contributed by atoms with E-state index in [-0.39, 0.29) is 30.1 Å². The first-order valence-electron chi connectivity index (χ1n) is 5.66. The molecule has 0 aliphatic carbocycles. The number of hydrogen-bond donors (Lipinski definition) is 1. The number of rotatable bonds is 2. The highest BCUT2D eigenvalue weighted by molar-refractivity contribution is 5.85. The van der Waals surface area contributed by atoms with Gasteiger partial charge in [-0.25, -0.2) is 4.79 Å². The number of cyclic esters (lactones) is 1. The minimum Gasteiger partial charge on any atom is -0.488 e. The van der Waals surface area contributed by atoms with Gasteiger partial charge in [0.05, 0.1) is 6.04 Å². The van der Waals surface area contributed by atoms with Crippen LogP contribution in [0.25, 0.3) is 0 Å². The maximum Gasteiger partial charge on any atom is 0.407 e. The van der Waals surface area contributed by atoms with Crippen molar-refractivity contribution < 1.29 is 14.3 Å². The minimum atomic E-state index is -0.356. The van der Waals surface area contributed by atoms with Crippen LogP contribution >= 0.6 is 12.4 Å². The van der Waals surface area contributed by atoms with Crippen LogP contribution in [0.4, 0.5) is 4.79 Å². The van der Waals surface area contributed by atoms with Crippen molar-refractivity contribution in [3.63, 3.8) is 0 Å². The number of benzene rings is 1. The first kappa shape index (κ1) is 14.6. The summed E-state index contributed by atoms with van der Waals surface area (Å²) in [6.07, 6.45) is -0.356. The molecule has 0 aromatic heterocycles. The van der Waals surface area contributed by atoms with Gasteiger partial charge in [0, 0.05) is 0 Å². The number of ether oxygens (including phenoxy) is 2. The van der Waals surface area contributed by atoms with Crippen LogP contribution in [-0.4, -0.2) is 18.3 Å². The Morgan fingerprint density at radius 2 is 1.89 bits per heavy atom. The number of carbonyl (C=O) groups is 1. The molecule has 1 aliphatic rings. The van der Waals surface area contributed by atoms with Crippen molar-refractivity contribution >= 4 is 18.5 Å². The highest BCUT2D eigenvalue weighted by Crippen LogP contribution is 2.23. The van der Waals surface area contributed by atoms with E-state index in [1.54, 1.807) is 0 Å². The Morgan fingerprint density at radius 3 is 2.33 bits per heavy atom. The van der Waals surface area contributed by atoms with Crippen molar-refractivity contribution in [1.82, 2.24) is 5.32 Å². The van der Waals surface area contributed by atoms with Crippen LogP contribution in [0.1, 0.15) is 32.4 Å². The molecule has 1 atom stereocenters. The minimum absolute atomic E-state index is 0. The highest BCUT2D eigenvalue weighted by atomic mass is 35.5. The second-order valence-electron chi connectivity index (χ2n) is 5.08.